The molecular weight excluding hydrogens is 274 g/mol. The number of pyridine rings is 1. The molecule has 0 amide bonds. The second kappa shape index (κ2) is 6.64. The zero-order valence-corrected chi connectivity index (χ0v) is 11.9. The van der Waals surface area contributed by atoms with Gasteiger partial charge in [-0.1, -0.05) is 6.92 Å². The fraction of sp³-hybridized carbons (Fsp3) is 0.417. The Labute approximate surface area is 121 Å². The number of nitro groups is 1. The zero-order chi connectivity index (χ0) is 15.2. The van der Waals surface area contributed by atoms with Gasteiger partial charge in [-0.05, 0) is 12.5 Å². The van der Waals surface area contributed by atoms with Crippen molar-refractivity contribution in [1.29, 1.82) is 0 Å². The Kier molecular flexibility index (Phi) is 4.64. The van der Waals surface area contributed by atoms with Gasteiger partial charge < -0.3 is 10.6 Å². The van der Waals surface area contributed by atoms with Gasteiger partial charge in [0.1, 0.15) is 12.1 Å². The topological polar surface area (TPSA) is 111 Å². The van der Waals surface area contributed by atoms with Crippen LogP contribution in [0.5, 0.6) is 0 Å². The minimum Gasteiger partial charge on any atom is -0.370 e. The van der Waals surface area contributed by atoms with Crippen molar-refractivity contribution in [2.45, 2.75) is 19.9 Å². The van der Waals surface area contributed by atoms with Crippen LogP contribution in [0.25, 0.3) is 0 Å². The number of anilines is 2. The van der Waals surface area contributed by atoms with Gasteiger partial charge in [0.25, 0.3) is 0 Å². The van der Waals surface area contributed by atoms with Crippen molar-refractivity contribution in [3.63, 3.8) is 0 Å². The lowest BCUT2D eigenvalue weighted by Crippen LogP contribution is -2.09. The molecule has 0 saturated carbocycles. The summed E-state index contributed by atoms with van der Waals surface area (Å²) in [6.07, 6.45) is 2.51. The number of aromatic nitrogens is 4. The summed E-state index contributed by atoms with van der Waals surface area (Å²) in [5.41, 5.74) is -0.0759. The molecule has 0 spiro atoms. The van der Waals surface area contributed by atoms with E-state index in [1.165, 1.54) is 6.07 Å². The number of hydrogen-bond donors (Lipinski definition) is 2. The summed E-state index contributed by atoms with van der Waals surface area (Å²) in [5, 5.41) is 21.1. The molecule has 2 rings (SSSR count). The Bertz CT molecular complexity index is 626. The van der Waals surface area contributed by atoms with E-state index in [-0.39, 0.29) is 18.1 Å². The van der Waals surface area contributed by atoms with Gasteiger partial charge in [-0.15, -0.1) is 0 Å². The van der Waals surface area contributed by atoms with Crippen LogP contribution in [0.1, 0.15) is 19.2 Å². The standard InChI is InChI=1S/C12H17N7O2/c1-3-6-13-10-5-4-9(19(20)21)12(16-10)14-7-11-15-8-18(2)17-11/h4-5,8H,3,6-7H2,1-2H3,(H2,13,14,16). The van der Waals surface area contributed by atoms with E-state index >= 15 is 0 Å². The largest absolute Gasteiger partial charge is 0.370 e. The molecule has 0 atom stereocenters. The Hall–Kier alpha value is -2.71. The van der Waals surface area contributed by atoms with Crippen LogP contribution in [0, 0.1) is 10.1 Å². The quantitative estimate of drug-likeness (QED) is 0.588. The summed E-state index contributed by atoms with van der Waals surface area (Å²) in [6.45, 7) is 3.06. The minimum atomic E-state index is -0.467. The van der Waals surface area contributed by atoms with Crippen LogP contribution in [0.2, 0.25) is 0 Å². The molecule has 0 radical (unpaired) electrons. The molecule has 9 nitrogen and oxygen atoms in total. The Morgan fingerprint density at radius 1 is 1.38 bits per heavy atom. The Morgan fingerprint density at radius 2 is 2.19 bits per heavy atom. The smallest absolute Gasteiger partial charge is 0.311 e. The number of nitrogens with one attached hydrogen (secondary N) is 2. The van der Waals surface area contributed by atoms with Crippen LogP contribution >= 0.6 is 0 Å². The first kappa shape index (κ1) is 14.7. The second-order valence-corrected chi connectivity index (χ2v) is 4.44. The molecule has 21 heavy (non-hydrogen) atoms. The van der Waals surface area contributed by atoms with Crippen LogP contribution in [-0.2, 0) is 13.6 Å². The lowest BCUT2D eigenvalue weighted by atomic mass is 10.3. The Morgan fingerprint density at radius 3 is 2.81 bits per heavy atom. The van der Waals surface area contributed by atoms with Crippen LogP contribution < -0.4 is 10.6 Å². The molecule has 2 heterocycles. The molecule has 2 aromatic rings. The number of rotatable bonds is 7. The molecule has 0 aliphatic carbocycles. The van der Waals surface area contributed by atoms with Crippen molar-refractivity contribution in [1.82, 2.24) is 19.7 Å². The van der Waals surface area contributed by atoms with Gasteiger partial charge in [0.15, 0.2) is 5.82 Å². The van der Waals surface area contributed by atoms with Gasteiger partial charge in [-0.2, -0.15) is 5.10 Å². The highest BCUT2D eigenvalue weighted by molar-refractivity contribution is 5.60. The average Bonchev–Trinajstić information content (AvgIpc) is 2.88. The summed E-state index contributed by atoms with van der Waals surface area (Å²) in [6, 6.07) is 3.02. The molecule has 112 valence electrons. The molecule has 2 aromatic heterocycles. The third kappa shape index (κ3) is 3.88. The van der Waals surface area contributed by atoms with Crippen molar-refractivity contribution < 1.29 is 4.92 Å². The predicted molar refractivity (Wildman–Crippen MR) is 78.0 cm³/mol. The van der Waals surface area contributed by atoms with Gasteiger partial charge in [-0.25, -0.2) is 9.97 Å². The molecular formula is C12H17N7O2. The maximum absolute atomic E-state index is 11.0. The third-order valence-corrected chi connectivity index (χ3v) is 2.69. The number of aryl methyl sites for hydroxylation is 1. The number of nitrogens with zero attached hydrogens (tertiary/aromatic N) is 5. The molecule has 0 fully saturated rings. The monoisotopic (exact) mass is 291 g/mol. The summed E-state index contributed by atoms with van der Waals surface area (Å²) in [5.74, 6) is 1.34. The highest BCUT2D eigenvalue weighted by Crippen LogP contribution is 2.24. The summed E-state index contributed by atoms with van der Waals surface area (Å²) >= 11 is 0. The van der Waals surface area contributed by atoms with Crippen LogP contribution in [0.4, 0.5) is 17.3 Å². The van der Waals surface area contributed by atoms with Crippen LogP contribution in [0.15, 0.2) is 18.5 Å². The van der Waals surface area contributed by atoms with Crippen molar-refractivity contribution in [3.8, 4) is 0 Å². The van der Waals surface area contributed by atoms with Crippen molar-refractivity contribution in [3.05, 3.63) is 34.4 Å². The molecule has 9 heteroatoms. The average molecular weight is 291 g/mol. The SMILES string of the molecule is CCCNc1ccc([N+](=O)[O-])c(NCc2ncn(C)n2)n1. The van der Waals surface area contributed by atoms with Gasteiger partial charge in [0.05, 0.1) is 11.5 Å². The first-order valence-corrected chi connectivity index (χ1v) is 6.58. The van der Waals surface area contributed by atoms with Crippen LogP contribution in [0.3, 0.4) is 0 Å². The van der Waals surface area contributed by atoms with E-state index in [1.807, 2.05) is 6.92 Å². The first-order valence-electron chi connectivity index (χ1n) is 6.58. The zero-order valence-electron chi connectivity index (χ0n) is 11.9. The van der Waals surface area contributed by atoms with Gasteiger partial charge in [0, 0.05) is 19.7 Å². The van der Waals surface area contributed by atoms with Gasteiger partial charge in [-0.3, -0.25) is 14.8 Å². The van der Waals surface area contributed by atoms with E-state index < -0.39 is 4.92 Å². The summed E-state index contributed by atoms with van der Waals surface area (Å²) in [4.78, 5) is 18.8. The minimum absolute atomic E-state index is 0.0759. The molecule has 2 N–H and O–H groups in total. The van der Waals surface area contributed by atoms with E-state index in [2.05, 4.69) is 25.7 Å². The third-order valence-electron chi connectivity index (χ3n) is 2.69. The van der Waals surface area contributed by atoms with Crippen LogP contribution in [-0.4, -0.2) is 31.2 Å². The highest BCUT2D eigenvalue weighted by Gasteiger charge is 2.16. The molecule has 0 unspecified atom stereocenters. The number of hydrogen-bond acceptors (Lipinski definition) is 7. The molecule has 0 aliphatic heterocycles. The van der Waals surface area contributed by atoms with E-state index in [4.69, 9.17) is 0 Å². The normalized spacial score (nSPS) is 10.4. The van der Waals surface area contributed by atoms with E-state index in [1.54, 1.807) is 24.1 Å². The maximum Gasteiger partial charge on any atom is 0.311 e. The molecule has 0 bridgehead atoms. The molecule has 0 aliphatic rings. The van der Waals surface area contributed by atoms with Gasteiger partial charge in [0.2, 0.25) is 5.82 Å². The summed E-state index contributed by atoms with van der Waals surface area (Å²) < 4.78 is 1.57. The van der Waals surface area contributed by atoms with E-state index in [0.29, 0.717) is 11.6 Å². The van der Waals surface area contributed by atoms with Crippen molar-refractivity contribution in [2.75, 3.05) is 17.2 Å². The predicted octanol–water partition coefficient (Wildman–Crippen LogP) is 1.55. The summed E-state index contributed by atoms with van der Waals surface area (Å²) in [7, 11) is 1.76. The van der Waals surface area contributed by atoms with E-state index in [9.17, 15) is 10.1 Å². The molecule has 0 saturated heterocycles. The van der Waals surface area contributed by atoms with E-state index in [0.717, 1.165) is 13.0 Å². The highest BCUT2D eigenvalue weighted by atomic mass is 16.6. The maximum atomic E-state index is 11.0. The van der Waals surface area contributed by atoms with Crippen molar-refractivity contribution in [2.24, 2.45) is 7.05 Å². The second-order valence-electron chi connectivity index (χ2n) is 4.44. The lowest BCUT2D eigenvalue weighted by Gasteiger charge is -2.08. The Balaban J connectivity index is 2.15. The fourth-order valence-corrected chi connectivity index (χ4v) is 1.71. The fourth-order valence-electron chi connectivity index (χ4n) is 1.71. The lowest BCUT2D eigenvalue weighted by molar-refractivity contribution is -0.384. The van der Waals surface area contributed by atoms with Crippen molar-refractivity contribution >= 4 is 17.3 Å². The molecule has 0 aromatic carbocycles. The first-order chi connectivity index (χ1) is 10.1. The van der Waals surface area contributed by atoms with Gasteiger partial charge >= 0.3 is 5.69 Å².